The van der Waals surface area contributed by atoms with E-state index >= 15 is 0 Å². The van der Waals surface area contributed by atoms with Crippen LogP contribution in [0, 0.1) is 25.2 Å². The number of halogens is 1. The summed E-state index contributed by atoms with van der Waals surface area (Å²) in [7, 11) is 0. The van der Waals surface area contributed by atoms with E-state index in [0.717, 1.165) is 33.3 Å². The fourth-order valence-electron chi connectivity index (χ4n) is 4.21. The van der Waals surface area contributed by atoms with Gasteiger partial charge in [0.15, 0.2) is 5.76 Å². The maximum atomic E-state index is 12.8. The number of aryl methyl sites for hydroxylation is 2. The highest BCUT2D eigenvalue weighted by molar-refractivity contribution is 7.84. The Morgan fingerprint density at radius 1 is 1.12 bits per heavy atom. The molecule has 0 radical (unpaired) electrons. The molecule has 3 aromatic carbocycles. The van der Waals surface area contributed by atoms with Crippen LogP contribution < -0.4 is 10.2 Å². The van der Waals surface area contributed by atoms with E-state index < -0.39 is 12.1 Å². The van der Waals surface area contributed by atoms with Crippen LogP contribution in [0.3, 0.4) is 0 Å². The summed E-state index contributed by atoms with van der Waals surface area (Å²) in [5.74, 6) is 0.134. The van der Waals surface area contributed by atoms with Crippen LogP contribution in [0.25, 0.3) is 22.2 Å². The number of aromatic nitrogens is 1. The Bertz CT molecular complexity index is 1520. The average Bonchev–Trinajstić information content (AvgIpc) is 3.23. The molecule has 1 aliphatic heterocycles. The summed E-state index contributed by atoms with van der Waals surface area (Å²) < 4.78 is 5.64. The van der Waals surface area contributed by atoms with Crippen LogP contribution in [0.4, 0.5) is 5.69 Å². The lowest BCUT2D eigenvalue weighted by Crippen LogP contribution is -2.46. The molecule has 8 heteroatoms. The summed E-state index contributed by atoms with van der Waals surface area (Å²) in [6.07, 6.45) is -0.587. The predicted molar refractivity (Wildman–Crippen MR) is 135 cm³/mol. The van der Waals surface area contributed by atoms with Gasteiger partial charge in [0.05, 0.1) is 10.4 Å². The second-order valence-electron chi connectivity index (χ2n) is 8.14. The van der Waals surface area contributed by atoms with Gasteiger partial charge in [0.1, 0.15) is 23.3 Å². The molecule has 4 aromatic rings. The van der Waals surface area contributed by atoms with Crippen molar-refractivity contribution in [2.45, 2.75) is 20.0 Å². The Balaban J connectivity index is 1.67. The number of anilines is 1. The molecule has 1 unspecified atom stereocenters. The zero-order chi connectivity index (χ0) is 24.0. The summed E-state index contributed by atoms with van der Waals surface area (Å²) >= 11 is 10.7. The van der Waals surface area contributed by atoms with Crippen molar-refractivity contribution in [3.8, 4) is 17.4 Å². The third kappa shape index (κ3) is 3.71. The molecule has 6 nitrogen and oxygen atoms in total. The molecular formula is C26H19ClN4O2S. The van der Waals surface area contributed by atoms with Crippen molar-refractivity contribution in [1.29, 1.82) is 5.26 Å². The van der Waals surface area contributed by atoms with Crippen LogP contribution in [0.15, 0.2) is 75.8 Å². The molecule has 0 saturated carbocycles. The Morgan fingerprint density at radius 2 is 1.88 bits per heavy atom. The minimum atomic E-state index is -0.587. The fourth-order valence-corrected chi connectivity index (χ4v) is 4.71. The van der Waals surface area contributed by atoms with Crippen LogP contribution in [-0.2, 0) is 4.79 Å². The van der Waals surface area contributed by atoms with E-state index in [1.54, 1.807) is 12.1 Å². The van der Waals surface area contributed by atoms with Gasteiger partial charge in [-0.15, -0.1) is 12.6 Å². The number of rotatable bonds is 3. The van der Waals surface area contributed by atoms with Crippen LogP contribution >= 0.6 is 24.2 Å². The van der Waals surface area contributed by atoms with Crippen molar-refractivity contribution < 1.29 is 9.32 Å². The van der Waals surface area contributed by atoms with Crippen LogP contribution in [0.1, 0.15) is 22.9 Å². The van der Waals surface area contributed by atoms with E-state index in [4.69, 9.17) is 16.1 Å². The number of thiol groups is 1. The quantitative estimate of drug-likeness (QED) is 0.344. The normalized spacial score (nSPS) is 16.0. The van der Waals surface area contributed by atoms with Gasteiger partial charge in [0, 0.05) is 16.3 Å². The number of nitriles is 1. The monoisotopic (exact) mass is 486 g/mol. The highest BCUT2D eigenvalue weighted by atomic mass is 35.5. The number of carbonyl (C=O) groups is 1. The van der Waals surface area contributed by atoms with Gasteiger partial charge in [-0.2, -0.15) is 5.26 Å². The average molecular weight is 487 g/mol. The first-order valence-electron chi connectivity index (χ1n) is 10.5. The van der Waals surface area contributed by atoms with Crippen molar-refractivity contribution in [3.63, 3.8) is 0 Å². The van der Waals surface area contributed by atoms with Crippen molar-refractivity contribution in [1.82, 2.24) is 10.5 Å². The van der Waals surface area contributed by atoms with E-state index in [1.165, 1.54) is 0 Å². The summed E-state index contributed by atoms with van der Waals surface area (Å²) in [6.45, 7) is 4.01. The number of amides is 1. The Morgan fingerprint density at radius 3 is 2.59 bits per heavy atom. The second-order valence-corrected chi connectivity index (χ2v) is 9.00. The smallest absolute Gasteiger partial charge is 0.266 e. The number of fused-ring (bicyclic) bond motifs is 1. The standard InChI is InChI=1S/C26H19ClN4O2S/c1-14-3-10-22(15(2)11-14)31-24(29-25(32)20(13-28)26(31)34)17-6-9-21-19(12-17)23(33-30-21)16-4-7-18(27)8-5-16/h3-12,24,34H,1-2H3,(H,29,32). The first-order chi connectivity index (χ1) is 16.4. The van der Waals surface area contributed by atoms with Gasteiger partial charge in [-0.25, -0.2) is 0 Å². The van der Waals surface area contributed by atoms with Crippen LogP contribution in [0.5, 0.6) is 0 Å². The largest absolute Gasteiger partial charge is 0.355 e. The molecule has 0 aliphatic carbocycles. The first-order valence-corrected chi connectivity index (χ1v) is 11.4. The lowest BCUT2D eigenvalue weighted by Gasteiger charge is -2.38. The molecule has 0 saturated heterocycles. The maximum Gasteiger partial charge on any atom is 0.266 e. The van der Waals surface area contributed by atoms with E-state index in [-0.39, 0.29) is 5.57 Å². The van der Waals surface area contributed by atoms with Crippen molar-refractivity contribution in [2.75, 3.05) is 4.90 Å². The van der Waals surface area contributed by atoms with Gasteiger partial charge < -0.3 is 14.7 Å². The third-order valence-electron chi connectivity index (χ3n) is 5.85. The zero-order valence-corrected chi connectivity index (χ0v) is 20.0. The molecule has 2 heterocycles. The topological polar surface area (TPSA) is 82.2 Å². The Labute approximate surface area is 206 Å². The van der Waals surface area contributed by atoms with Crippen molar-refractivity contribution in [2.24, 2.45) is 0 Å². The summed E-state index contributed by atoms with van der Waals surface area (Å²) in [5, 5.41) is 18.5. The highest BCUT2D eigenvalue weighted by Gasteiger charge is 2.35. The SMILES string of the molecule is Cc1ccc(N2C(S)=C(C#N)C(=O)NC2c2ccc3noc(-c4ccc(Cl)cc4)c3c2)c(C)c1. The third-order valence-corrected chi connectivity index (χ3v) is 6.54. The predicted octanol–water partition coefficient (Wildman–Crippen LogP) is 6.07. The number of hydrogen-bond donors (Lipinski definition) is 2. The maximum absolute atomic E-state index is 12.8. The molecular weight excluding hydrogens is 468 g/mol. The first kappa shape index (κ1) is 22.1. The van der Waals surface area contributed by atoms with E-state index in [9.17, 15) is 10.1 Å². The van der Waals surface area contributed by atoms with Crippen LogP contribution in [0.2, 0.25) is 5.02 Å². The van der Waals surface area contributed by atoms with Gasteiger partial charge in [0.25, 0.3) is 5.91 Å². The number of benzene rings is 3. The van der Waals surface area contributed by atoms with Gasteiger partial charge in [-0.3, -0.25) is 4.79 Å². The molecule has 1 aliphatic rings. The molecule has 1 N–H and O–H groups in total. The second kappa shape index (κ2) is 8.56. The minimum absolute atomic E-state index is 0.0348. The van der Waals surface area contributed by atoms with Crippen LogP contribution in [-0.4, -0.2) is 11.1 Å². The highest BCUT2D eigenvalue weighted by Crippen LogP contribution is 2.39. The summed E-state index contributed by atoms with van der Waals surface area (Å²) in [4.78, 5) is 14.6. The van der Waals surface area contributed by atoms with Crippen molar-refractivity contribution in [3.05, 3.63) is 93.0 Å². The van der Waals surface area contributed by atoms with E-state index in [0.29, 0.717) is 21.3 Å². The van der Waals surface area contributed by atoms with Crippen molar-refractivity contribution >= 4 is 46.7 Å². The number of carbonyl (C=O) groups excluding carboxylic acids is 1. The van der Waals surface area contributed by atoms with Gasteiger partial charge >= 0.3 is 0 Å². The minimum Gasteiger partial charge on any atom is -0.355 e. The molecule has 168 valence electrons. The lowest BCUT2D eigenvalue weighted by molar-refractivity contribution is -0.118. The summed E-state index contributed by atoms with van der Waals surface area (Å²) in [6, 6.07) is 21.0. The number of nitrogens with zero attached hydrogens (tertiary/aromatic N) is 3. The van der Waals surface area contributed by atoms with Gasteiger partial charge in [-0.05, 0) is 67.4 Å². The molecule has 34 heavy (non-hydrogen) atoms. The van der Waals surface area contributed by atoms with E-state index in [1.807, 2.05) is 67.3 Å². The van der Waals surface area contributed by atoms with E-state index in [2.05, 4.69) is 29.2 Å². The molecule has 0 spiro atoms. The molecule has 0 bridgehead atoms. The zero-order valence-electron chi connectivity index (χ0n) is 18.3. The number of hydrogen-bond acceptors (Lipinski definition) is 6. The van der Waals surface area contributed by atoms with Gasteiger partial charge in [-0.1, -0.05) is 40.5 Å². The molecule has 1 atom stereocenters. The summed E-state index contributed by atoms with van der Waals surface area (Å²) in [5.41, 5.74) is 5.24. The Hall–Kier alpha value is -3.73. The lowest BCUT2D eigenvalue weighted by atomic mass is 10.0. The number of nitrogens with one attached hydrogen (secondary N) is 1. The van der Waals surface area contributed by atoms with Gasteiger partial charge in [0.2, 0.25) is 0 Å². The molecule has 1 amide bonds. The molecule has 0 fully saturated rings. The molecule has 5 rings (SSSR count). The molecule has 1 aromatic heterocycles. The Kier molecular flexibility index (Phi) is 5.56. The fraction of sp³-hybridized carbons (Fsp3) is 0.115.